The van der Waals surface area contributed by atoms with Gasteiger partial charge < -0.3 is 19.8 Å². The van der Waals surface area contributed by atoms with Crippen molar-refractivity contribution in [2.45, 2.75) is 6.92 Å². The summed E-state index contributed by atoms with van der Waals surface area (Å²) < 4.78 is 0. The third-order valence-corrected chi connectivity index (χ3v) is 0. The summed E-state index contributed by atoms with van der Waals surface area (Å²) in [5.74, 6) is 2.00. The van der Waals surface area contributed by atoms with Gasteiger partial charge in [-0.15, -0.1) is 0 Å². The van der Waals surface area contributed by atoms with Gasteiger partial charge in [-0.25, -0.2) is 0 Å². The van der Waals surface area contributed by atoms with E-state index in [1.54, 1.807) is 6.92 Å². The second-order valence-electron chi connectivity index (χ2n) is 0.250. The first kappa shape index (κ1) is 17.4. The normalized spacial score (nSPS) is 1.60. The van der Waals surface area contributed by atoms with E-state index >= 15 is 0 Å². The van der Waals surface area contributed by atoms with E-state index in [1.807, 2.05) is 5.92 Å². The molecule has 0 heterocycles. The van der Waals surface area contributed by atoms with Gasteiger partial charge in [-0.3, -0.25) is 0 Å². The van der Waals surface area contributed by atoms with E-state index in [4.69, 9.17) is 6.42 Å². The topological polar surface area (TPSA) is 0 Å². The Kier molecular flexibility index (Phi) is 78.5. The Morgan fingerprint density at radius 1 is 1.60 bits per heavy atom. The van der Waals surface area contributed by atoms with Gasteiger partial charge >= 0.3 is 32.7 Å². The standard InChI is InChI=1S/C3H3.CH3.Y/c1-3-2;;/h1H3;1H3;/q2*-1;+3. The molecule has 0 aromatic carbocycles. The Labute approximate surface area is 59.2 Å². The minimum absolute atomic E-state index is 0. The zero-order chi connectivity index (χ0) is 2.71. The van der Waals surface area contributed by atoms with Gasteiger partial charge in [0.15, 0.2) is 0 Å². The van der Waals surface area contributed by atoms with Crippen molar-refractivity contribution in [1.82, 2.24) is 0 Å². The first-order chi connectivity index (χ1) is 1.41. The van der Waals surface area contributed by atoms with Gasteiger partial charge in [0.2, 0.25) is 0 Å². The van der Waals surface area contributed by atoms with Gasteiger partial charge in [-0.05, 0) is 6.92 Å². The minimum atomic E-state index is 0. The van der Waals surface area contributed by atoms with Gasteiger partial charge in [0, 0.05) is 0 Å². The molecule has 0 amide bonds. The summed E-state index contributed by atoms with van der Waals surface area (Å²) >= 11 is 0. The van der Waals surface area contributed by atoms with Crippen LogP contribution < -0.4 is 0 Å². The second-order valence-corrected chi connectivity index (χ2v) is 0.250. The van der Waals surface area contributed by atoms with Crippen molar-refractivity contribution in [1.29, 1.82) is 0 Å². The molecule has 24 valence electrons. The first-order valence-corrected chi connectivity index (χ1v) is 0.750. The van der Waals surface area contributed by atoms with E-state index < -0.39 is 0 Å². The molecular weight excluding hydrogens is 137 g/mol. The fourth-order valence-electron chi connectivity index (χ4n) is 0. The van der Waals surface area contributed by atoms with E-state index in [0.717, 1.165) is 0 Å². The molecule has 1 heteroatoms. The molecule has 0 bridgehead atoms. The molecular formula is C4H6Y+. The zero-order valence-corrected chi connectivity index (χ0v) is 6.42. The second kappa shape index (κ2) is 22.6. The van der Waals surface area contributed by atoms with Crippen molar-refractivity contribution < 1.29 is 32.7 Å². The first-order valence-electron chi connectivity index (χ1n) is 0.750. The number of rotatable bonds is 0. The molecule has 0 atom stereocenters. The maximum atomic E-state index is 5.96. The van der Waals surface area contributed by atoms with Gasteiger partial charge in [0.1, 0.15) is 0 Å². The molecule has 5 heavy (non-hydrogen) atoms. The molecule has 0 saturated carbocycles. The van der Waals surface area contributed by atoms with E-state index in [0.29, 0.717) is 0 Å². The summed E-state index contributed by atoms with van der Waals surface area (Å²) in [6.45, 7) is 1.54. The van der Waals surface area contributed by atoms with Crippen LogP contribution in [0.3, 0.4) is 0 Å². The van der Waals surface area contributed by atoms with Gasteiger partial charge in [0.05, 0.1) is 0 Å². The van der Waals surface area contributed by atoms with Crippen LogP contribution >= 0.6 is 0 Å². The van der Waals surface area contributed by atoms with Crippen molar-refractivity contribution in [3.63, 3.8) is 0 Å². The van der Waals surface area contributed by atoms with Crippen molar-refractivity contribution in [3.05, 3.63) is 13.9 Å². The Hall–Kier alpha value is 0.664. The SMILES string of the molecule is [C-]#CC.[CH3-].[Y+3]. The summed E-state index contributed by atoms with van der Waals surface area (Å²) in [5.41, 5.74) is 0. The molecule has 0 saturated heterocycles. The van der Waals surface area contributed by atoms with E-state index in [9.17, 15) is 0 Å². The molecule has 0 aromatic rings. The zero-order valence-electron chi connectivity index (χ0n) is 3.58. The van der Waals surface area contributed by atoms with E-state index in [-0.39, 0.29) is 40.1 Å². The average Bonchev–Trinajstić information content (AvgIpc) is 0.918. The molecule has 0 radical (unpaired) electrons. The summed E-state index contributed by atoms with van der Waals surface area (Å²) in [5, 5.41) is 0. The van der Waals surface area contributed by atoms with Crippen LogP contribution in [0.1, 0.15) is 6.92 Å². The molecule has 0 fully saturated rings. The molecule has 0 aliphatic heterocycles. The molecule has 0 N–H and O–H groups in total. The van der Waals surface area contributed by atoms with Crippen LogP contribution in [0.2, 0.25) is 0 Å². The van der Waals surface area contributed by atoms with Gasteiger partial charge in [0.25, 0.3) is 0 Å². The summed E-state index contributed by atoms with van der Waals surface area (Å²) in [4.78, 5) is 0. The molecule has 0 rings (SSSR count). The van der Waals surface area contributed by atoms with Gasteiger partial charge in [-0.1, -0.05) is 0 Å². The fraction of sp³-hybridized carbons (Fsp3) is 0.250. The molecule has 0 aliphatic carbocycles. The quantitative estimate of drug-likeness (QED) is 0.351. The van der Waals surface area contributed by atoms with Crippen LogP contribution in [0.15, 0.2) is 0 Å². The van der Waals surface area contributed by atoms with Crippen molar-refractivity contribution in [2.24, 2.45) is 0 Å². The average molecular weight is 143 g/mol. The van der Waals surface area contributed by atoms with Crippen LogP contribution in [0.4, 0.5) is 0 Å². The molecule has 0 aromatic heterocycles. The third-order valence-electron chi connectivity index (χ3n) is 0. The largest absolute Gasteiger partial charge is 3.00 e. The minimum Gasteiger partial charge on any atom is -0.694 e. The van der Waals surface area contributed by atoms with E-state index in [2.05, 4.69) is 0 Å². The summed E-state index contributed by atoms with van der Waals surface area (Å²) in [7, 11) is 0. The Balaban J connectivity index is -0.0000000200. The summed E-state index contributed by atoms with van der Waals surface area (Å²) in [6.07, 6.45) is 5.96. The fourth-order valence-corrected chi connectivity index (χ4v) is 0. The molecule has 0 aliphatic rings. The number of hydrogen-bond donors (Lipinski definition) is 0. The monoisotopic (exact) mass is 143 g/mol. The predicted molar refractivity (Wildman–Crippen MR) is 19.2 cm³/mol. The number of hydrogen-bond acceptors (Lipinski definition) is 0. The van der Waals surface area contributed by atoms with Crippen LogP contribution in [0.5, 0.6) is 0 Å². The molecule has 0 nitrogen and oxygen atoms in total. The van der Waals surface area contributed by atoms with Crippen molar-refractivity contribution in [3.8, 4) is 5.92 Å². The summed E-state index contributed by atoms with van der Waals surface area (Å²) in [6, 6.07) is 0. The van der Waals surface area contributed by atoms with Crippen molar-refractivity contribution >= 4 is 0 Å². The molecule has 0 spiro atoms. The Morgan fingerprint density at radius 3 is 1.60 bits per heavy atom. The van der Waals surface area contributed by atoms with Crippen LogP contribution in [-0.4, -0.2) is 0 Å². The van der Waals surface area contributed by atoms with Gasteiger partial charge in [-0.2, -0.15) is 0 Å². The van der Waals surface area contributed by atoms with Crippen molar-refractivity contribution in [2.75, 3.05) is 0 Å². The van der Waals surface area contributed by atoms with Crippen LogP contribution in [-0.2, 0) is 32.7 Å². The van der Waals surface area contributed by atoms with Crippen LogP contribution in [0, 0.1) is 19.8 Å². The maximum absolute atomic E-state index is 5.96. The molecule has 0 unspecified atom stereocenters. The smallest absolute Gasteiger partial charge is 0.694 e. The maximum Gasteiger partial charge on any atom is 3.00 e. The Bertz CT molecular complexity index is 25.1. The van der Waals surface area contributed by atoms with E-state index in [1.165, 1.54) is 0 Å². The van der Waals surface area contributed by atoms with Crippen LogP contribution in [0.25, 0.3) is 0 Å². The predicted octanol–water partition coefficient (Wildman–Crippen LogP) is 1.04. The third kappa shape index (κ3) is 75.1. The Morgan fingerprint density at radius 2 is 1.60 bits per heavy atom.